The maximum Gasteiger partial charge on any atom is 0.225 e. The molecule has 82 valence electrons. The second kappa shape index (κ2) is 4.77. The summed E-state index contributed by atoms with van der Waals surface area (Å²) in [5.41, 5.74) is 5.68. The van der Waals surface area contributed by atoms with E-state index in [-0.39, 0.29) is 0 Å². The average molecular weight is 227 g/mol. The zero-order valence-electron chi connectivity index (χ0n) is 8.56. The molecule has 1 atom stereocenters. The van der Waals surface area contributed by atoms with Gasteiger partial charge in [0.05, 0.1) is 17.4 Å². The molecule has 2 heterocycles. The lowest BCUT2D eigenvalue weighted by Crippen LogP contribution is -2.39. The molecule has 2 rings (SSSR count). The minimum absolute atomic E-state index is 0.568. The van der Waals surface area contributed by atoms with Crippen LogP contribution in [0.15, 0.2) is 12.4 Å². The van der Waals surface area contributed by atoms with Crippen LogP contribution in [0, 0.1) is 5.92 Å². The number of nitrogens with zero attached hydrogens (tertiary/aromatic N) is 3. The zero-order valence-corrected chi connectivity index (χ0v) is 9.32. The number of hydrogen-bond acceptors (Lipinski definition) is 4. The molecule has 1 aromatic rings. The number of aromatic nitrogens is 2. The third kappa shape index (κ3) is 2.58. The fraction of sp³-hybridized carbons (Fsp3) is 0.600. The standard InChI is InChI=1S/C10H15ClN4/c11-9-5-13-10(14-6-9)15-3-1-2-8(4-12)7-15/h5-6,8H,1-4,7,12H2/t8-/m0/s1. The summed E-state index contributed by atoms with van der Waals surface area (Å²) >= 11 is 5.74. The SMILES string of the molecule is NC[C@@H]1CCCN(c2ncc(Cl)cn2)C1. The van der Waals surface area contributed by atoms with Gasteiger partial charge in [-0.2, -0.15) is 0 Å². The summed E-state index contributed by atoms with van der Waals surface area (Å²) in [4.78, 5) is 10.6. The highest BCUT2D eigenvalue weighted by molar-refractivity contribution is 6.30. The van der Waals surface area contributed by atoms with E-state index in [1.165, 1.54) is 6.42 Å². The van der Waals surface area contributed by atoms with Crippen LogP contribution in [0.2, 0.25) is 5.02 Å². The summed E-state index contributed by atoms with van der Waals surface area (Å²) in [5, 5.41) is 0.575. The van der Waals surface area contributed by atoms with E-state index in [0.29, 0.717) is 10.9 Å². The van der Waals surface area contributed by atoms with Gasteiger partial charge in [-0.25, -0.2) is 9.97 Å². The Kier molecular flexibility index (Phi) is 3.38. The third-order valence-corrected chi connectivity index (χ3v) is 2.94. The summed E-state index contributed by atoms with van der Waals surface area (Å²) in [6, 6.07) is 0. The van der Waals surface area contributed by atoms with Gasteiger partial charge in [0.1, 0.15) is 0 Å². The monoisotopic (exact) mass is 226 g/mol. The van der Waals surface area contributed by atoms with Gasteiger partial charge >= 0.3 is 0 Å². The van der Waals surface area contributed by atoms with Crippen molar-refractivity contribution in [2.45, 2.75) is 12.8 Å². The molecule has 0 amide bonds. The van der Waals surface area contributed by atoms with Gasteiger partial charge in [0.2, 0.25) is 5.95 Å². The van der Waals surface area contributed by atoms with Crippen LogP contribution in [-0.4, -0.2) is 29.6 Å². The summed E-state index contributed by atoms with van der Waals surface area (Å²) in [5.74, 6) is 1.33. The molecule has 0 radical (unpaired) electrons. The van der Waals surface area contributed by atoms with E-state index in [1.54, 1.807) is 12.4 Å². The Labute approximate surface area is 94.5 Å². The zero-order chi connectivity index (χ0) is 10.7. The Morgan fingerprint density at radius 2 is 2.20 bits per heavy atom. The van der Waals surface area contributed by atoms with Crippen molar-refractivity contribution >= 4 is 17.5 Å². The van der Waals surface area contributed by atoms with Gasteiger partial charge in [-0.3, -0.25) is 0 Å². The maximum atomic E-state index is 5.74. The Bertz CT molecular complexity index is 314. The predicted molar refractivity (Wildman–Crippen MR) is 61.0 cm³/mol. The molecular formula is C10H15ClN4. The Hall–Kier alpha value is -0.870. The fourth-order valence-corrected chi connectivity index (χ4v) is 2.01. The lowest BCUT2D eigenvalue weighted by molar-refractivity contribution is 0.419. The molecule has 15 heavy (non-hydrogen) atoms. The Balaban J connectivity index is 2.06. The van der Waals surface area contributed by atoms with E-state index in [0.717, 1.165) is 32.0 Å². The van der Waals surface area contributed by atoms with Crippen LogP contribution >= 0.6 is 11.6 Å². The van der Waals surface area contributed by atoms with Crippen molar-refractivity contribution in [2.75, 3.05) is 24.5 Å². The van der Waals surface area contributed by atoms with Crippen molar-refractivity contribution in [1.82, 2.24) is 9.97 Å². The molecule has 0 saturated carbocycles. The molecule has 4 nitrogen and oxygen atoms in total. The smallest absolute Gasteiger partial charge is 0.225 e. The number of hydrogen-bond donors (Lipinski definition) is 1. The van der Waals surface area contributed by atoms with Crippen molar-refractivity contribution in [3.63, 3.8) is 0 Å². The van der Waals surface area contributed by atoms with Crippen LogP contribution in [0.5, 0.6) is 0 Å². The molecule has 0 aromatic carbocycles. The minimum atomic E-state index is 0.568. The molecule has 1 saturated heterocycles. The first kappa shape index (κ1) is 10.6. The number of anilines is 1. The highest BCUT2D eigenvalue weighted by Gasteiger charge is 2.20. The summed E-state index contributed by atoms with van der Waals surface area (Å²) < 4.78 is 0. The van der Waals surface area contributed by atoms with Crippen molar-refractivity contribution in [3.05, 3.63) is 17.4 Å². The summed E-state index contributed by atoms with van der Waals surface area (Å²) in [7, 11) is 0. The van der Waals surface area contributed by atoms with Gasteiger partial charge < -0.3 is 10.6 Å². The number of piperidine rings is 1. The van der Waals surface area contributed by atoms with Crippen molar-refractivity contribution in [3.8, 4) is 0 Å². The molecular weight excluding hydrogens is 212 g/mol. The first-order valence-electron chi connectivity index (χ1n) is 5.22. The van der Waals surface area contributed by atoms with Crippen molar-refractivity contribution in [2.24, 2.45) is 11.7 Å². The highest BCUT2D eigenvalue weighted by atomic mass is 35.5. The second-order valence-corrected chi connectivity index (χ2v) is 4.33. The van der Waals surface area contributed by atoms with E-state index < -0.39 is 0 Å². The van der Waals surface area contributed by atoms with Crippen LogP contribution in [0.1, 0.15) is 12.8 Å². The molecule has 0 aliphatic carbocycles. The fourth-order valence-electron chi connectivity index (χ4n) is 1.91. The van der Waals surface area contributed by atoms with Crippen LogP contribution in [0.3, 0.4) is 0 Å². The topological polar surface area (TPSA) is 55.0 Å². The molecule has 1 aliphatic heterocycles. The second-order valence-electron chi connectivity index (χ2n) is 3.89. The Morgan fingerprint density at radius 1 is 1.47 bits per heavy atom. The van der Waals surface area contributed by atoms with Crippen molar-refractivity contribution < 1.29 is 0 Å². The lowest BCUT2D eigenvalue weighted by Gasteiger charge is -2.31. The predicted octanol–water partition coefficient (Wildman–Crippen LogP) is 1.31. The van der Waals surface area contributed by atoms with E-state index in [9.17, 15) is 0 Å². The third-order valence-electron chi connectivity index (χ3n) is 2.74. The first-order chi connectivity index (χ1) is 7.29. The molecule has 5 heteroatoms. The van der Waals surface area contributed by atoms with Crippen LogP contribution < -0.4 is 10.6 Å². The molecule has 0 unspecified atom stereocenters. The van der Waals surface area contributed by atoms with Crippen LogP contribution in [0.4, 0.5) is 5.95 Å². The minimum Gasteiger partial charge on any atom is -0.341 e. The summed E-state index contributed by atoms with van der Waals surface area (Å²) in [6.07, 6.45) is 5.64. The number of halogens is 1. The van der Waals surface area contributed by atoms with Gasteiger partial charge in [0, 0.05) is 13.1 Å². The Morgan fingerprint density at radius 3 is 2.87 bits per heavy atom. The van der Waals surface area contributed by atoms with Crippen molar-refractivity contribution in [1.29, 1.82) is 0 Å². The van der Waals surface area contributed by atoms with Crippen LogP contribution in [0.25, 0.3) is 0 Å². The molecule has 0 bridgehead atoms. The first-order valence-corrected chi connectivity index (χ1v) is 5.60. The molecule has 1 fully saturated rings. The van der Waals surface area contributed by atoms with E-state index in [1.807, 2.05) is 0 Å². The number of nitrogens with two attached hydrogens (primary N) is 1. The molecule has 1 aromatic heterocycles. The average Bonchev–Trinajstić information content (AvgIpc) is 2.30. The van der Waals surface area contributed by atoms with E-state index >= 15 is 0 Å². The van der Waals surface area contributed by atoms with Gasteiger partial charge in [-0.05, 0) is 25.3 Å². The maximum absolute atomic E-state index is 5.74. The quantitative estimate of drug-likeness (QED) is 0.826. The largest absolute Gasteiger partial charge is 0.341 e. The summed E-state index contributed by atoms with van der Waals surface area (Å²) in [6.45, 7) is 2.71. The molecule has 2 N–H and O–H groups in total. The lowest BCUT2D eigenvalue weighted by atomic mass is 9.99. The van der Waals surface area contributed by atoms with Crippen LogP contribution in [-0.2, 0) is 0 Å². The number of rotatable bonds is 2. The molecule has 0 spiro atoms. The van der Waals surface area contributed by atoms with E-state index in [4.69, 9.17) is 17.3 Å². The van der Waals surface area contributed by atoms with Gasteiger partial charge in [0.25, 0.3) is 0 Å². The van der Waals surface area contributed by atoms with Gasteiger partial charge in [-0.1, -0.05) is 11.6 Å². The normalized spacial score (nSPS) is 21.7. The van der Waals surface area contributed by atoms with E-state index in [2.05, 4.69) is 14.9 Å². The van der Waals surface area contributed by atoms with Gasteiger partial charge in [-0.15, -0.1) is 0 Å². The molecule has 1 aliphatic rings. The van der Waals surface area contributed by atoms with Gasteiger partial charge in [0.15, 0.2) is 0 Å². The highest BCUT2D eigenvalue weighted by Crippen LogP contribution is 2.19.